The highest BCUT2D eigenvalue weighted by Gasteiger charge is 2.37. The Balaban J connectivity index is 2.01. The summed E-state index contributed by atoms with van der Waals surface area (Å²) in [5.74, 6) is 1.96. The van der Waals surface area contributed by atoms with Crippen LogP contribution in [-0.2, 0) is 0 Å². The van der Waals surface area contributed by atoms with Crippen molar-refractivity contribution < 1.29 is 9.15 Å². The van der Waals surface area contributed by atoms with E-state index in [9.17, 15) is 4.79 Å². The second kappa shape index (κ2) is 4.01. The minimum atomic E-state index is -0.306. The molecule has 1 fully saturated rings. The van der Waals surface area contributed by atoms with E-state index in [-0.39, 0.29) is 11.2 Å². The molecule has 96 valence electrons. The molecule has 3 heteroatoms. The Kier molecular flexibility index (Phi) is 2.58. The van der Waals surface area contributed by atoms with E-state index in [2.05, 4.69) is 13.0 Å². The molecule has 1 aromatic rings. The quantitative estimate of drug-likeness (QED) is 0.705. The van der Waals surface area contributed by atoms with Crippen LogP contribution in [0.3, 0.4) is 0 Å². The molecule has 3 nitrogen and oxygen atoms in total. The summed E-state index contributed by atoms with van der Waals surface area (Å²) in [4.78, 5) is 11.7. The lowest BCUT2D eigenvalue weighted by atomic mass is 9.77. The van der Waals surface area contributed by atoms with Gasteiger partial charge in [-0.2, -0.15) is 0 Å². The van der Waals surface area contributed by atoms with Gasteiger partial charge >= 0.3 is 5.63 Å². The van der Waals surface area contributed by atoms with Crippen LogP contribution in [0.4, 0.5) is 0 Å². The third-order valence-corrected chi connectivity index (χ3v) is 3.93. The molecule has 1 aliphatic heterocycles. The van der Waals surface area contributed by atoms with Gasteiger partial charge in [-0.05, 0) is 44.3 Å². The van der Waals surface area contributed by atoms with Gasteiger partial charge < -0.3 is 9.15 Å². The summed E-state index contributed by atoms with van der Waals surface area (Å²) in [5.41, 5.74) is 0.0367. The van der Waals surface area contributed by atoms with E-state index in [1.165, 1.54) is 12.8 Å². The molecule has 0 N–H and O–H groups in total. The van der Waals surface area contributed by atoms with Crippen molar-refractivity contribution in [3.63, 3.8) is 0 Å². The maximum Gasteiger partial charge on any atom is 0.346 e. The summed E-state index contributed by atoms with van der Waals surface area (Å²) in [5, 5.41) is 0. The van der Waals surface area contributed by atoms with Crippen molar-refractivity contribution in [2.75, 3.05) is 0 Å². The molecule has 1 saturated carbocycles. The zero-order valence-electron chi connectivity index (χ0n) is 10.9. The highest BCUT2D eigenvalue weighted by Crippen LogP contribution is 2.40. The highest BCUT2D eigenvalue weighted by atomic mass is 16.5. The molecule has 1 aliphatic carbocycles. The maximum absolute atomic E-state index is 11.7. The van der Waals surface area contributed by atoms with Gasteiger partial charge in [-0.15, -0.1) is 0 Å². The molecule has 0 saturated heterocycles. The Hall–Kier alpha value is -1.51. The van der Waals surface area contributed by atoms with Crippen LogP contribution in [0.5, 0.6) is 5.75 Å². The second-order valence-corrected chi connectivity index (χ2v) is 5.62. The van der Waals surface area contributed by atoms with Crippen LogP contribution in [0.25, 0.3) is 6.08 Å². The minimum absolute atomic E-state index is 0.203. The summed E-state index contributed by atoms with van der Waals surface area (Å²) in [7, 11) is 0. The number of hydrogen-bond donors (Lipinski definition) is 0. The molecular formula is C15H18O3. The first kappa shape index (κ1) is 11.6. The van der Waals surface area contributed by atoms with Gasteiger partial charge in [0.05, 0.1) is 0 Å². The van der Waals surface area contributed by atoms with Crippen LogP contribution >= 0.6 is 0 Å². The lowest BCUT2D eigenvalue weighted by Crippen LogP contribution is -2.40. The Morgan fingerprint density at radius 2 is 2.28 bits per heavy atom. The molecule has 0 bridgehead atoms. The minimum Gasteiger partial charge on any atom is -0.482 e. The SMILES string of the molecule is Cc1cc2c(c(=O)o1)C=C[C@@]1(CCC[C@H](C)C1)O2. The lowest BCUT2D eigenvalue weighted by Gasteiger charge is -2.40. The predicted molar refractivity (Wildman–Crippen MR) is 69.7 cm³/mol. The fourth-order valence-corrected chi connectivity index (χ4v) is 3.10. The van der Waals surface area contributed by atoms with Crippen molar-refractivity contribution in [3.8, 4) is 5.75 Å². The number of fused-ring (bicyclic) bond motifs is 1. The van der Waals surface area contributed by atoms with Gasteiger partial charge in [0.2, 0.25) is 0 Å². The van der Waals surface area contributed by atoms with Crippen LogP contribution in [0.2, 0.25) is 0 Å². The number of hydrogen-bond acceptors (Lipinski definition) is 3. The number of rotatable bonds is 0. The number of aryl methyl sites for hydroxylation is 1. The van der Waals surface area contributed by atoms with E-state index >= 15 is 0 Å². The molecule has 1 aromatic heterocycles. The van der Waals surface area contributed by atoms with Crippen molar-refractivity contribution in [2.45, 2.75) is 45.1 Å². The van der Waals surface area contributed by atoms with Gasteiger partial charge in [0, 0.05) is 6.07 Å². The average molecular weight is 246 g/mol. The van der Waals surface area contributed by atoms with Crippen molar-refractivity contribution in [1.29, 1.82) is 0 Å². The first-order chi connectivity index (χ1) is 8.58. The fourth-order valence-electron chi connectivity index (χ4n) is 3.10. The molecule has 0 unspecified atom stereocenters. The van der Waals surface area contributed by atoms with E-state index in [0.717, 1.165) is 12.8 Å². The average Bonchev–Trinajstić information content (AvgIpc) is 2.27. The smallest absolute Gasteiger partial charge is 0.346 e. The van der Waals surface area contributed by atoms with Gasteiger partial charge in [-0.25, -0.2) is 4.79 Å². The first-order valence-electron chi connectivity index (χ1n) is 6.61. The molecule has 2 heterocycles. The molecule has 1 spiro atoms. The summed E-state index contributed by atoms with van der Waals surface area (Å²) in [6.07, 6.45) is 8.44. The summed E-state index contributed by atoms with van der Waals surface area (Å²) in [6, 6.07) is 1.82. The highest BCUT2D eigenvalue weighted by molar-refractivity contribution is 5.59. The van der Waals surface area contributed by atoms with Crippen LogP contribution in [0.1, 0.15) is 43.9 Å². The fraction of sp³-hybridized carbons (Fsp3) is 0.533. The van der Waals surface area contributed by atoms with Crippen LogP contribution in [-0.4, -0.2) is 5.60 Å². The molecule has 3 rings (SSSR count). The van der Waals surface area contributed by atoms with E-state index in [1.807, 2.05) is 12.1 Å². The second-order valence-electron chi connectivity index (χ2n) is 5.62. The third kappa shape index (κ3) is 1.88. The van der Waals surface area contributed by atoms with E-state index < -0.39 is 0 Å². The Morgan fingerprint density at radius 3 is 3.06 bits per heavy atom. The zero-order chi connectivity index (χ0) is 12.8. The largest absolute Gasteiger partial charge is 0.482 e. The van der Waals surface area contributed by atoms with Crippen LogP contribution in [0.15, 0.2) is 21.4 Å². The van der Waals surface area contributed by atoms with Crippen LogP contribution < -0.4 is 10.4 Å². The summed E-state index contributed by atoms with van der Waals surface area (Å²) >= 11 is 0. The molecular weight excluding hydrogens is 228 g/mol. The van der Waals surface area contributed by atoms with Gasteiger partial charge in [0.1, 0.15) is 22.7 Å². The number of ether oxygens (including phenoxy) is 1. The lowest BCUT2D eigenvalue weighted by molar-refractivity contribution is 0.0534. The van der Waals surface area contributed by atoms with Gasteiger partial charge in [-0.1, -0.05) is 13.3 Å². The van der Waals surface area contributed by atoms with Gasteiger partial charge in [-0.3, -0.25) is 0 Å². The molecule has 2 aliphatic rings. The molecule has 18 heavy (non-hydrogen) atoms. The van der Waals surface area contributed by atoms with E-state index in [4.69, 9.17) is 9.15 Å². The molecule has 2 atom stereocenters. The van der Waals surface area contributed by atoms with Gasteiger partial charge in [0.25, 0.3) is 0 Å². The normalized spacial score (nSPS) is 30.0. The maximum atomic E-state index is 11.7. The standard InChI is InChI=1S/C15H18O3/c1-10-4-3-6-15(9-10)7-5-12-13(18-15)8-11(2)17-14(12)16/h5,7-8,10H,3-4,6,9H2,1-2H3/t10-,15+/m0/s1. The topological polar surface area (TPSA) is 39.4 Å². The summed E-state index contributed by atoms with van der Waals surface area (Å²) < 4.78 is 11.2. The predicted octanol–water partition coefficient (Wildman–Crippen LogP) is 3.30. The van der Waals surface area contributed by atoms with Crippen molar-refractivity contribution in [3.05, 3.63) is 33.9 Å². The Bertz CT molecular complexity index is 555. The van der Waals surface area contributed by atoms with Gasteiger partial charge in [0.15, 0.2) is 0 Å². The first-order valence-corrected chi connectivity index (χ1v) is 6.61. The van der Waals surface area contributed by atoms with E-state index in [1.54, 1.807) is 6.92 Å². The van der Waals surface area contributed by atoms with Crippen LogP contribution in [0, 0.1) is 12.8 Å². The summed E-state index contributed by atoms with van der Waals surface area (Å²) in [6.45, 7) is 4.04. The molecule has 0 aromatic carbocycles. The van der Waals surface area contributed by atoms with Crippen molar-refractivity contribution >= 4 is 6.08 Å². The van der Waals surface area contributed by atoms with E-state index in [0.29, 0.717) is 23.0 Å². The zero-order valence-corrected chi connectivity index (χ0v) is 10.9. The third-order valence-electron chi connectivity index (χ3n) is 3.93. The Labute approximate surface area is 106 Å². The molecule has 0 radical (unpaired) electrons. The van der Waals surface area contributed by atoms with Crippen molar-refractivity contribution in [2.24, 2.45) is 5.92 Å². The monoisotopic (exact) mass is 246 g/mol. The Morgan fingerprint density at radius 1 is 1.44 bits per heavy atom. The van der Waals surface area contributed by atoms with Crippen molar-refractivity contribution in [1.82, 2.24) is 0 Å². The molecule has 0 amide bonds.